The average Bonchev–Trinajstić information content (AvgIpc) is 2.06. The van der Waals surface area contributed by atoms with Crippen LogP contribution in [0, 0.1) is 5.92 Å². The van der Waals surface area contributed by atoms with Gasteiger partial charge in [0.05, 0.1) is 0 Å². The first-order chi connectivity index (χ1) is 5.70. The summed E-state index contributed by atoms with van der Waals surface area (Å²) >= 11 is 0. The minimum absolute atomic E-state index is 0.325. The van der Waals surface area contributed by atoms with Gasteiger partial charge in [-0.15, -0.1) is 0 Å². The third-order valence-corrected chi connectivity index (χ3v) is 2.37. The third kappa shape index (κ3) is 2.70. The van der Waals surface area contributed by atoms with Crippen molar-refractivity contribution in [1.82, 2.24) is 10.2 Å². The molecular formula is C8H17N3O. The molecule has 4 heteroatoms. The number of nitrogens with one attached hydrogen (secondary N) is 1. The molecule has 1 aliphatic rings. The average molecular weight is 171 g/mol. The van der Waals surface area contributed by atoms with Crippen LogP contribution in [0.3, 0.4) is 0 Å². The second-order valence-electron chi connectivity index (χ2n) is 3.41. The van der Waals surface area contributed by atoms with Crippen molar-refractivity contribution in [3.8, 4) is 0 Å². The van der Waals surface area contributed by atoms with E-state index in [1.165, 1.54) is 0 Å². The van der Waals surface area contributed by atoms with Gasteiger partial charge in [0.2, 0.25) is 0 Å². The summed E-state index contributed by atoms with van der Waals surface area (Å²) in [6.07, 6.45) is 2.30. The van der Waals surface area contributed by atoms with Crippen molar-refractivity contribution >= 4 is 6.03 Å². The second kappa shape index (κ2) is 4.30. The van der Waals surface area contributed by atoms with Gasteiger partial charge in [0.15, 0.2) is 0 Å². The number of amides is 2. The Hall–Kier alpha value is -0.770. The molecule has 1 heterocycles. The molecule has 0 aliphatic carbocycles. The Labute approximate surface area is 73.1 Å². The van der Waals surface area contributed by atoms with E-state index >= 15 is 0 Å². The molecule has 0 atom stereocenters. The van der Waals surface area contributed by atoms with Crippen LogP contribution in [0.25, 0.3) is 0 Å². The Kier molecular flexibility index (Phi) is 3.34. The molecule has 0 bridgehead atoms. The van der Waals surface area contributed by atoms with Crippen molar-refractivity contribution in [3.05, 3.63) is 0 Å². The topological polar surface area (TPSA) is 58.4 Å². The van der Waals surface area contributed by atoms with Crippen molar-refractivity contribution in [2.45, 2.75) is 12.8 Å². The zero-order valence-corrected chi connectivity index (χ0v) is 7.55. The summed E-state index contributed by atoms with van der Waals surface area (Å²) < 4.78 is 0. The van der Waals surface area contributed by atoms with Gasteiger partial charge in [-0.1, -0.05) is 0 Å². The standard InChI is InChI=1S/C8H17N3O/c1-11(8(9)12)6-7-2-4-10-5-3-7/h7,10H,2-6H2,1H3,(H2,9,12). The molecule has 70 valence electrons. The molecule has 0 aromatic rings. The first-order valence-corrected chi connectivity index (χ1v) is 4.41. The number of nitrogens with two attached hydrogens (primary N) is 1. The number of piperidine rings is 1. The molecule has 0 aromatic carbocycles. The Morgan fingerprint density at radius 2 is 2.17 bits per heavy atom. The molecular weight excluding hydrogens is 154 g/mol. The molecule has 4 nitrogen and oxygen atoms in total. The maximum absolute atomic E-state index is 10.7. The minimum atomic E-state index is -0.325. The molecule has 3 N–H and O–H groups in total. The fourth-order valence-corrected chi connectivity index (χ4v) is 1.54. The molecule has 0 unspecified atom stereocenters. The maximum Gasteiger partial charge on any atom is 0.314 e. The fourth-order valence-electron chi connectivity index (χ4n) is 1.54. The summed E-state index contributed by atoms with van der Waals surface area (Å²) in [5.74, 6) is 0.628. The van der Waals surface area contributed by atoms with Gasteiger partial charge < -0.3 is 16.0 Å². The van der Waals surface area contributed by atoms with Gasteiger partial charge in [-0.3, -0.25) is 0 Å². The fraction of sp³-hybridized carbons (Fsp3) is 0.875. The smallest absolute Gasteiger partial charge is 0.314 e. The molecule has 1 rings (SSSR count). The summed E-state index contributed by atoms with van der Waals surface area (Å²) in [7, 11) is 1.75. The first kappa shape index (κ1) is 9.32. The van der Waals surface area contributed by atoms with Gasteiger partial charge >= 0.3 is 6.03 Å². The van der Waals surface area contributed by atoms with Crippen molar-refractivity contribution < 1.29 is 4.79 Å². The summed E-state index contributed by atoms with van der Waals surface area (Å²) in [4.78, 5) is 12.3. The molecule has 2 amide bonds. The lowest BCUT2D eigenvalue weighted by atomic mass is 9.98. The molecule has 1 fully saturated rings. The van der Waals surface area contributed by atoms with Crippen molar-refractivity contribution in [2.75, 3.05) is 26.7 Å². The van der Waals surface area contributed by atoms with Crippen LogP contribution in [0.15, 0.2) is 0 Å². The summed E-state index contributed by atoms with van der Waals surface area (Å²) in [6, 6.07) is -0.325. The number of primary amides is 1. The summed E-state index contributed by atoms with van der Waals surface area (Å²) in [5, 5.41) is 3.28. The normalized spacial score (nSPS) is 19.1. The van der Waals surface area contributed by atoms with Crippen LogP contribution in [0.1, 0.15) is 12.8 Å². The Bertz CT molecular complexity index is 154. The zero-order valence-electron chi connectivity index (χ0n) is 7.55. The highest BCUT2D eigenvalue weighted by atomic mass is 16.2. The van der Waals surface area contributed by atoms with Crippen LogP contribution in [0.4, 0.5) is 4.79 Å². The minimum Gasteiger partial charge on any atom is -0.351 e. The lowest BCUT2D eigenvalue weighted by Crippen LogP contribution is -2.39. The summed E-state index contributed by atoms with van der Waals surface area (Å²) in [6.45, 7) is 2.94. The lowest BCUT2D eigenvalue weighted by molar-refractivity contribution is 0.203. The molecule has 0 spiro atoms. The Morgan fingerprint density at radius 3 is 2.67 bits per heavy atom. The van der Waals surface area contributed by atoms with Gasteiger partial charge in [0.1, 0.15) is 0 Å². The van der Waals surface area contributed by atoms with Gasteiger partial charge in [-0.2, -0.15) is 0 Å². The SMILES string of the molecule is CN(CC1CCNCC1)C(N)=O. The molecule has 0 radical (unpaired) electrons. The van der Waals surface area contributed by atoms with Crippen molar-refractivity contribution in [1.29, 1.82) is 0 Å². The predicted molar refractivity (Wildman–Crippen MR) is 47.8 cm³/mol. The number of urea groups is 1. The van der Waals surface area contributed by atoms with E-state index < -0.39 is 0 Å². The van der Waals surface area contributed by atoms with Crippen LogP contribution in [0.5, 0.6) is 0 Å². The van der Waals surface area contributed by atoms with Crippen molar-refractivity contribution in [2.24, 2.45) is 11.7 Å². The van der Waals surface area contributed by atoms with Crippen LogP contribution in [0.2, 0.25) is 0 Å². The van der Waals surface area contributed by atoms with Crippen LogP contribution in [-0.4, -0.2) is 37.6 Å². The highest BCUT2D eigenvalue weighted by Gasteiger charge is 2.15. The number of hydrogen-bond donors (Lipinski definition) is 2. The molecule has 1 saturated heterocycles. The number of carbonyl (C=O) groups is 1. The molecule has 12 heavy (non-hydrogen) atoms. The largest absolute Gasteiger partial charge is 0.351 e. The van der Waals surface area contributed by atoms with E-state index in [4.69, 9.17) is 5.73 Å². The molecule has 0 aromatic heterocycles. The quantitative estimate of drug-likeness (QED) is 0.614. The van der Waals surface area contributed by atoms with E-state index in [0.717, 1.165) is 32.5 Å². The number of hydrogen-bond acceptors (Lipinski definition) is 2. The van der Waals surface area contributed by atoms with Crippen LogP contribution < -0.4 is 11.1 Å². The highest BCUT2D eigenvalue weighted by molar-refractivity contribution is 5.71. The third-order valence-electron chi connectivity index (χ3n) is 2.37. The molecule has 1 aliphatic heterocycles. The van der Waals surface area contributed by atoms with E-state index in [1.54, 1.807) is 11.9 Å². The maximum atomic E-state index is 10.7. The van der Waals surface area contributed by atoms with E-state index in [1.807, 2.05) is 0 Å². The number of rotatable bonds is 2. The zero-order chi connectivity index (χ0) is 8.97. The van der Waals surface area contributed by atoms with Crippen molar-refractivity contribution in [3.63, 3.8) is 0 Å². The number of nitrogens with zero attached hydrogens (tertiary/aromatic N) is 1. The lowest BCUT2D eigenvalue weighted by Gasteiger charge is -2.26. The summed E-state index contributed by atoms with van der Waals surface area (Å²) in [5.41, 5.74) is 5.12. The Balaban J connectivity index is 2.24. The van der Waals surface area contributed by atoms with Gasteiger partial charge in [-0.25, -0.2) is 4.79 Å². The van der Waals surface area contributed by atoms with E-state index in [0.29, 0.717) is 5.92 Å². The van der Waals surface area contributed by atoms with E-state index in [-0.39, 0.29) is 6.03 Å². The van der Waals surface area contributed by atoms with E-state index in [2.05, 4.69) is 5.32 Å². The Morgan fingerprint density at radius 1 is 1.58 bits per heavy atom. The van der Waals surface area contributed by atoms with Gasteiger partial charge in [0, 0.05) is 13.6 Å². The van der Waals surface area contributed by atoms with Gasteiger partial charge in [-0.05, 0) is 31.8 Å². The highest BCUT2D eigenvalue weighted by Crippen LogP contribution is 2.12. The van der Waals surface area contributed by atoms with E-state index in [9.17, 15) is 4.79 Å². The monoisotopic (exact) mass is 171 g/mol. The van der Waals surface area contributed by atoms with Gasteiger partial charge in [0.25, 0.3) is 0 Å². The van der Waals surface area contributed by atoms with Crippen LogP contribution in [-0.2, 0) is 0 Å². The predicted octanol–water partition coefficient (Wildman–Crippen LogP) is -0.00350. The second-order valence-corrected chi connectivity index (χ2v) is 3.41. The molecule has 0 saturated carbocycles. The van der Waals surface area contributed by atoms with Crippen LogP contribution >= 0.6 is 0 Å². The number of carbonyl (C=O) groups excluding carboxylic acids is 1. The first-order valence-electron chi connectivity index (χ1n) is 4.41.